The monoisotopic (exact) mass is 314 g/mol. The zero-order chi connectivity index (χ0) is 16.7. The highest BCUT2D eigenvalue weighted by Gasteiger charge is 2.02. The second-order valence-corrected chi connectivity index (χ2v) is 5.55. The Kier molecular flexibility index (Phi) is 5.91. The minimum atomic E-state index is -0.199. The van der Waals surface area contributed by atoms with Crippen LogP contribution in [-0.4, -0.2) is 22.8 Å². The Labute approximate surface area is 135 Å². The molecule has 0 radical (unpaired) electrons. The number of hydrazone groups is 1. The molecule has 6 nitrogen and oxygen atoms in total. The van der Waals surface area contributed by atoms with Crippen molar-refractivity contribution in [1.29, 1.82) is 0 Å². The summed E-state index contributed by atoms with van der Waals surface area (Å²) < 4.78 is 5.76. The summed E-state index contributed by atoms with van der Waals surface area (Å²) in [6.07, 6.45) is 2.34. The van der Waals surface area contributed by atoms with E-state index in [1.54, 1.807) is 6.21 Å². The lowest BCUT2D eigenvalue weighted by molar-refractivity contribution is 0.271. The number of nitrogens with zero attached hydrogens (tertiary/aromatic N) is 2. The molecular weight excluding hydrogens is 292 g/mol. The number of aromatic amines is 1. The van der Waals surface area contributed by atoms with E-state index in [1.165, 1.54) is 6.07 Å². The Morgan fingerprint density at radius 2 is 2.17 bits per heavy atom. The number of hydrogen-bond acceptors (Lipinski definition) is 5. The molecule has 2 rings (SSSR count). The Bertz CT molecular complexity index is 723. The molecular formula is C17H22N4O2. The van der Waals surface area contributed by atoms with Crippen molar-refractivity contribution >= 4 is 12.2 Å². The number of anilines is 1. The molecule has 0 fully saturated rings. The smallest absolute Gasteiger partial charge is 0.252 e. The van der Waals surface area contributed by atoms with Crippen LogP contribution in [0.5, 0.6) is 5.75 Å². The van der Waals surface area contributed by atoms with Gasteiger partial charge in [-0.3, -0.25) is 9.78 Å². The second kappa shape index (κ2) is 8.12. The van der Waals surface area contributed by atoms with Gasteiger partial charge in [0.05, 0.1) is 12.8 Å². The molecule has 0 saturated carbocycles. The number of para-hydroxylation sites is 1. The summed E-state index contributed by atoms with van der Waals surface area (Å²) in [4.78, 5) is 18.4. The molecule has 122 valence electrons. The minimum Gasteiger partial charge on any atom is -0.493 e. The van der Waals surface area contributed by atoms with E-state index in [0.29, 0.717) is 30.6 Å². The molecule has 0 bridgehead atoms. The lowest BCUT2D eigenvalue weighted by atomic mass is 10.2. The van der Waals surface area contributed by atoms with E-state index in [1.807, 2.05) is 31.2 Å². The first-order valence-electron chi connectivity index (χ1n) is 7.69. The van der Waals surface area contributed by atoms with Gasteiger partial charge in [0.1, 0.15) is 5.75 Å². The average molecular weight is 314 g/mol. The summed E-state index contributed by atoms with van der Waals surface area (Å²) in [5.74, 6) is 1.55. The summed E-state index contributed by atoms with van der Waals surface area (Å²) in [6, 6.07) is 9.14. The van der Waals surface area contributed by atoms with E-state index in [9.17, 15) is 4.79 Å². The number of benzene rings is 1. The fourth-order valence-electron chi connectivity index (χ4n) is 1.88. The van der Waals surface area contributed by atoms with Crippen LogP contribution in [0.4, 0.5) is 5.95 Å². The molecule has 2 N–H and O–H groups in total. The van der Waals surface area contributed by atoms with Gasteiger partial charge in [0.15, 0.2) is 0 Å². The van der Waals surface area contributed by atoms with Crippen LogP contribution in [0.25, 0.3) is 0 Å². The third-order valence-electron chi connectivity index (χ3n) is 3.02. The third kappa shape index (κ3) is 5.25. The Morgan fingerprint density at radius 3 is 2.91 bits per heavy atom. The highest BCUT2D eigenvalue weighted by molar-refractivity contribution is 5.83. The minimum absolute atomic E-state index is 0.199. The average Bonchev–Trinajstić information content (AvgIpc) is 2.53. The van der Waals surface area contributed by atoms with E-state index in [0.717, 1.165) is 11.3 Å². The summed E-state index contributed by atoms with van der Waals surface area (Å²) in [5.41, 5.74) is 4.12. The van der Waals surface area contributed by atoms with Gasteiger partial charge in [0.25, 0.3) is 5.56 Å². The van der Waals surface area contributed by atoms with Gasteiger partial charge >= 0.3 is 0 Å². The van der Waals surface area contributed by atoms with Crippen LogP contribution < -0.4 is 15.7 Å². The van der Waals surface area contributed by atoms with Crippen molar-refractivity contribution in [3.63, 3.8) is 0 Å². The maximum atomic E-state index is 11.5. The Hall–Kier alpha value is -2.63. The number of rotatable bonds is 7. The summed E-state index contributed by atoms with van der Waals surface area (Å²) in [7, 11) is 0. The zero-order valence-electron chi connectivity index (χ0n) is 13.7. The third-order valence-corrected chi connectivity index (χ3v) is 3.02. The van der Waals surface area contributed by atoms with Crippen LogP contribution in [0.1, 0.15) is 32.0 Å². The molecule has 6 heteroatoms. The molecule has 0 aliphatic carbocycles. The van der Waals surface area contributed by atoms with Gasteiger partial charge in [0, 0.05) is 17.3 Å². The molecule has 0 spiro atoms. The van der Waals surface area contributed by atoms with Gasteiger partial charge in [-0.1, -0.05) is 32.9 Å². The van der Waals surface area contributed by atoms with E-state index in [2.05, 4.69) is 34.3 Å². The first-order chi connectivity index (χ1) is 11.1. The number of H-pyrrole nitrogens is 1. The van der Waals surface area contributed by atoms with Crippen molar-refractivity contribution < 1.29 is 4.74 Å². The quantitative estimate of drug-likeness (QED) is 0.608. The highest BCUT2D eigenvalue weighted by atomic mass is 16.5. The summed E-state index contributed by atoms with van der Waals surface area (Å²) in [5, 5.41) is 4.13. The zero-order valence-corrected chi connectivity index (χ0v) is 13.7. The Balaban J connectivity index is 2.09. The molecule has 1 heterocycles. The lowest BCUT2D eigenvalue weighted by Crippen LogP contribution is -2.11. The van der Waals surface area contributed by atoms with Crippen LogP contribution in [0.3, 0.4) is 0 Å². The van der Waals surface area contributed by atoms with E-state index in [4.69, 9.17) is 4.74 Å². The van der Waals surface area contributed by atoms with Gasteiger partial charge in [-0.15, -0.1) is 0 Å². The van der Waals surface area contributed by atoms with E-state index in [-0.39, 0.29) is 5.56 Å². The molecule has 1 aromatic carbocycles. The molecule has 0 unspecified atom stereocenters. The van der Waals surface area contributed by atoms with Crippen molar-refractivity contribution in [3.8, 4) is 5.75 Å². The van der Waals surface area contributed by atoms with Crippen molar-refractivity contribution in [2.24, 2.45) is 11.0 Å². The summed E-state index contributed by atoms with van der Waals surface area (Å²) >= 11 is 0. The van der Waals surface area contributed by atoms with Crippen molar-refractivity contribution in [2.45, 2.75) is 27.2 Å². The number of nitrogens with one attached hydrogen (secondary N) is 2. The number of aryl methyl sites for hydroxylation is 1. The van der Waals surface area contributed by atoms with Gasteiger partial charge < -0.3 is 4.74 Å². The standard InChI is InChI=1S/C17H22N4O2/c1-4-14-9-16(22)20-17(19-14)21-18-10-13-7-5-6-8-15(13)23-11-12(2)3/h5-10,12H,4,11H2,1-3H3,(H2,19,20,21,22)/b18-10-. The van der Waals surface area contributed by atoms with Gasteiger partial charge in [0.2, 0.25) is 5.95 Å². The molecule has 0 atom stereocenters. The highest BCUT2D eigenvalue weighted by Crippen LogP contribution is 2.16. The van der Waals surface area contributed by atoms with Crippen LogP contribution in [0.2, 0.25) is 0 Å². The van der Waals surface area contributed by atoms with Crippen molar-refractivity contribution in [2.75, 3.05) is 12.0 Å². The maximum absolute atomic E-state index is 11.5. The van der Waals surface area contributed by atoms with Crippen LogP contribution >= 0.6 is 0 Å². The first-order valence-corrected chi connectivity index (χ1v) is 7.69. The van der Waals surface area contributed by atoms with E-state index < -0.39 is 0 Å². The lowest BCUT2D eigenvalue weighted by Gasteiger charge is -2.10. The topological polar surface area (TPSA) is 79.4 Å². The maximum Gasteiger partial charge on any atom is 0.252 e. The predicted molar refractivity (Wildman–Crippen MR) is 92.2 cm³/mol. The number of hydrogen-bond donors (Lipinski definition) is 2. The summed E-state index contributed by atoms with van der Waals surface area (Å²) in [6.45, 7) is 6.78. The van der Waals surface area contributed by atoms with Gasteiger partial charge in [-0.25, -0.2) is 10.4 Å². The molecule has 0 saturated heterocycles. The van der Waals surface area contributed by atoms with Crippen LogP contribution in [-0.2, 0) is 6.42 Å². The van der Waals surface area contributed by atoms with Gasteiger partial charge in [-0.05, 0) is 24.5 Å². The fraction of sp³-hybridized carbons (Fsp3) is 0.353. The molecule has 23 heavy (non-hydrogen) atoms. The molecule has 1 aromatic heterocycles. The predicted octanol–water partition coefficient (Wildman–Crippen LogP) is 2.81. The largest absolute Gasteiger partial charge is 0.493 e. The Morgan fingerprint density at radius 1 is 1.39 bits per heavy atom. The normalized spacial score (nSPS) is 11.1. The first kappa shape index (κ1) is 16.7. The number of aromatic nitrogens is 2. The van der Waals surface area contributed by atoms with Crippen LogP contribution in [0, 0.1) is 5.92 Å². The molecule has 2 aromatic rings. The SMILES string of the molecule is CCc1cc(=O)[nH]c(N/N=C\c2ccccc2OCC(C)C)n1. The van der Waals surface area contributed by atoms with Crippen LogP contribution in [0.15, 0.2) is 40.2 Å². The molecule has 0 aliphatic heterocycles. The van der Waals surface area contributed by atoms with Crippen molar-refractivity contribution in [3.05, 3.63) is 51.9 Å². The number of ether oxygens (including phenoxy) is 1. The second-order valence-electron chi connectivity index (χ2n) is 5.55. The van der Waals surface area contributed by atoms with Crippen molar-refractivity contribution in [1.82, 2.24) is 9.97 Å². The van der Waals surface area contributed by atoms with E-state index >= 15 is 0 Å². The fourth-order valence-corrected chi connectivity index (χ4v) is 1.88. The molecule has 0 amide bonds. The molecule has 0 aliphatic rings. The van der Waals surface area contributed by atoms with Gasteiger partial charge in [-0.2, -0.15) is 5.10 Å².